The van der Waals surface area contributed by atoms with E-state index in [1.54, 1.807) is 0 Å². The number of aliphatic hydroxyl groups is 3. The largest absolute Gasteiger partial charge is 0.504 e. The molecule has 1 aromatic carbocycles. The summed E-state index contributed by atoms with van der Waals surface area (Å²) in [5.74, 6) is -0.585. The number of hydrogen-bond donors (Lipinski definition) is 5. The van der Waals surface area contributed by atoms with E-state index in [0.717, 1.165) is 0 Å². The van der Waals surface area contributed by atoms with E-state index in [1.807, 2.05) is 0 Å². The Kier molecular flexibility index (Phi) is 2.65. The first-order valence-corrected chi connectivity index (χ1v) is 6.71. The van der Waals surface area contributed by atoms with Crippen molar-refractivity contribution in [3.63, 3.8) is 0 Å². The van der Waals surface area contributed by atoms with Crippen LogP contribution < -0.4 is 14.8 Å². The summed E-state index contributed by atoms with van der Waals surface area (Å²) < 4.78 is 10.3. The highest BCUT2D eigenvalue weighted by atomic mass is 16.7. The van der Waals surface area contributed by atoms with E-state index in [9.17, 15) is 25.2 Å². The van der Waals surface area contributed by atoms with Gasteiger partial charge in [0.05, 0.1) is 11.6 Å². The molecule has 0 radical (unpaired) electrons. The topological polar surface area (TPSA) is 128 Å². The van der Waals surface area contributed by atoms with Crippen LogP contribution in [0.5, 0.6) is 17.2 Å². The maximum Gasteiger partial charge on any atom is 0.256 e. The van der Waals surface area contributed by atoms with Gasteiger partial charge in [0, 0.05) is 5.56 Å². The Hall–Kier alpha value is -2.29. The summed E-state index contributed by atoms with van der Waals surface area (Å²) in [5, 5.41) is 42.4. The van der Waals surface area contributed by atoms with E-state index < -0.39 is 30.3 Å². The number of aromatic hydroxyl groups is 1. The van der Waals surface area contributed by atoms with Crippen LogP contribution in [-0.2, 0) is 0 Å². The van der Waals surface area contributed by atoms with Crippen molar-refractivity contribution in [3.8, 4) is 17.2 Å². The first kappa shape index (κ1) is 13.4. The summed E-state index contributed by atoms with van der Waals surface area (Å²) >= 11 is 0. The minimum absolute atomic E-state index is 0.0115. The normalized spacial score (nSPS) is 32.0. The first-order valence-electron chi connectivity index (χ1n) is 6.71. The molecule has 0 saturated carbocycles. The zero-order valence-corrected chi connectivity index (χ0v) is 11.2. The summed E-state index contributed by atoms with van der Waals surface area (Å²) in [5.41, 5.74) is 0.733. The third-order valence-electron chi connectivity index (χ3n) is 4.19. The third kappa shape index (κ3) is 1.59. The highest BCUT2D eigenvalue weighted by Crippen LogP contribution is 2.48. The van der Waals surface area contributed by atoms with Crippen molar-refractivity contribution in [2.75, 3.05) is 6.79 Å². The zero-order chi connectivity index (χ0) is 15.6. The SMILES string of the molecule is O=C1N[C@@H]2C(=C[C@@H](O)[C@@H](O)[C@@H]2O)c2cc3c(c(O)c21)OCO3. The number of phenols is 1. The van der Waals surface area contributed by atoms with Gasteiger partial charge in [0.15, 0.2) is 11.5 Å². The second-order valence-corrected chi connectivity index (χ2v) is 5.43. The molecule has 0 fully saturated rings. The van der Waals surface area contributed by atoms with E-state index in [1.165, 1.54) is 12.1 Å². The Bertz CT molecular complexity index is 714. The van der Waals surface area contributed by atoms with Crippen LogP contribution in [0.25, 0.3) is 5.57 Å². The number of ether oxygens (including phenoxy) is 2. The van der Waals surface area contributed by atoms with Crippen LogP contribution in [0.2, 0.25) is 0 Å². The van der Waals surface area contributed by atoms with Crippen molar-refractivity contribution in [3.05, 3.63) is 23.3 Å². The van der Waals surface area contributed by atoms with Gasteiger partial charge in [-0.1, -0.05) is 0 Å². The summed E-state index contributed by atoms with van der Waals surface area (Å²) in [4.78, 5) is 12.2. The van der Waals surface area contributed by atoms with Crippen LogP contribution in [0.15, 0.2) is 12.1 Å². The number of phenolic OH excluding ortho intramolecular Hbond substituents is 1. The standard InChI is InChI=1S/C14H13NO7/c16-6-1-5-4-2-7-13(22-3-21-7)11(18)8(4)14(20)15-9(5)12(19)10(6)17/h1-2,6,9-10,12,16-19H,3H2,(H,15,20)/t6-,9-,10-,12-/m1/s1. The van der Waals surface area contributed by atoms with E-state index in [-0.39, 0.29) is 29.6 Å². The van der Waals surface area contributed by atoms with Gasteiger partial charge in [0.2, 0.25) is 12.5 Å². The van der Waals surface area contributed by atoms with Crippen molar-refractivity contribution in [2.45, 2.75) is 24.4 Å². The smallest absolute Gasteiger partial charge is 0.256 e. The van der Waals surface area contributed by atoms with E-state index >= 15 is 0 Å². The summed E-state index contributed by atoms with van der Waals surface area (Å²) in [6.07, 6.45) is -2.70. The number of rotatable bonds is 0. The fourth-order valence-electron chi connectivity index (χ4n) is 3.09. The highest BCUT2D eigenvalue weighted by molar-refractivity contribution is 6.07. The molecule has 1 aliphatic carbocycles. The second kappa shape index (κ2) is 4.35. The highest BCUT2D eigenvalue weighted by Gasteiger charge is 2.44. The lowest BCUT2D eigenvalue weighted by Crippen LogP contribution is -2.57. The Morgan fingerprint density at radius 3 is 2.73 bits per heavy atom. The summed E-state index contributed by atoms with van der Waals surface area (Å²) in [6, 6.07) is 0.643. The molecule has 0 aromatic heterocycles. The van der Waals surface area contributed by atoms with Gasteiger partial charge in [-0.3, -0.25) is 4.79 Å². The number of benzene rings is 1. The predicted molar refractivity (Wildman–Crippen MR) is 71.5 cm³/mol. The average molecular weight is 307 g/mol. The van der Waals surface area contributed by atoms with Gasteiger partial charge in [0.1, 0.15) is 18.3 Å². The second-order valence-electron chi connectivity index (χ2n) is 5.43. The molecule has 2 aliphatic heterocycles. The molecule has 1 amide bonds. The molecule has 22 heavy (non-hydrogen) atoms. The van der Waals surface area contributed by atoms with E-state index in [2.05, 4.69) is 5.32 Å². The molecule has 5 N–H and O–H groups in total. The molecule has 1 aromatic rings. The Balaban J connectivity index is 1.95. The molecule has 0 unspecified atom stereocenters. The van der Waals surface area contributed by atoms with Gasteiger partial charge in [0.25, 0.3) is 5.91 Å². The van der Waals surface area contributed by atoms with Crippen LogP contribution in [0, 0.1) is 0 Å². The molecular formula is C14H13NO7. The van der Waals surface area contributed by atoms with Crippen LogP contribution in [0.1, 0.15) is 15.9 Å². The fourth-order valence-corrected chi connectivity index (χ4v) is 3.09. The van der Waals surface area contributed by atoms with E-state index in [0.29, 0.717) is 11.1 Å². The van der Waals surface area contributed by atoms with Crippen LogP contribution in [0.3, 0.4) is 0 Å². The van der Waals surface area contributed by atoms with Gasteiger partial charge in [-0.05, 0) is 17.7 Å². The molecule has 4 atom stereocenters. The number of carbonyl (C=O) groups is 1. The molecule has 3 aliphatic rings. The third-order valence-corrected chi connectivity index (χ3v) is 4.19. The maximum absolute atomic E-state index is 12.2. The Labute approximate surface area is 124 Å². The Morgan fingerprint density at radius 1 is 1.18 bits per heavy atom. The lowest BCUT2D eigenvalue weighted by Gasteiger charge is -2.39. The van der Waals surface area contributed by atoms with Gasteiger partial charge in [-0.15, -0.1) is 0 Å². The first-order chi connectivity index (χ1) is 10.5. The van der Waals surface area contributed by atoms with Gasteiger partial charge >= 0.3 is 0 Å². The summed E-state index contributed by atoms with van der Waals surface area (Å²) in [7, 11) is 0. The molecule has 0 spiro atoms. The van der Waals surface area contributed by atoms with Crippen LogP contribution in [0.4, 0.5) is 0 Å². The van der Waals surface area contributed by atoms with Crippen molar-refractivity contribution in [1.29, 1.82) is 0 Å². The molecule has 2 heterocycles. The van der Waals surface area contributed by atoms with Gasteiger partial charge in [-0.25, -0.2) is 0 Å². The number of nitrogens with one attached hydrogen (secondary N) is 1. The lowest BCUT2D eigenvalue weighted by atomic mass is 9.79. The van der Waals surface area contributed by atoms with Crippen LogP contribution >= 0.6 is 0 Å². The molecule has 8 heteroatoms. The van der Waals surface area contributed by atoms with Crippen molar-refractivity contribution in [2.24, 2.45) is 0 Å². The number of carbonyl (C=O) groups excluding carboxylic acids is 1. The van der Waals surface area contributed by atoms with E-state index in [4.69, 9.17) is 9.47 Å². The minimum atomic E-state index is -1.40. The quantitative estimate of drug-likeness (QED) is 0.403. The lowest BCUT2D eigenvalue weighted by molar-refractivity contribution is -0.0535. The number of hydrogen-bond acceptors (Lipinski definition) is 7. The van der Waals surface area contributed by atoms with Crippen molar-refractivity contribution >= 4 is 11.5 Å². The zero-order valence-electron chi connectivity index (χ0n) is 11.2. The maximum atomic E-state index is 12.2. The van der Waals surface area contributed by atoms with Gasteiger partial charge in [-0.2, -0.15) is 0 Å². The fraction of sp³-hybridized carbons (Fsp3) is 0.357. The number of aliphatic hydroxyl groups excluding tert-OH is 3. The molecule has 8 nitrogen and oxygen atoms in total. The molecular weight excluding hydrogens is 294 g/mol. The van der Waals surface area contributed by atoms with Crippen molar-refractivity contribution < 1.29 is 34.7 Å². The van der Waals surface area contributed by atoms with Crippen LogP contribution in [-0.4, -0.2) is 57.5 Å². The number of fused-ring (bicyclic) bond motifs is 4. The molecule has 116 valence electrons. The van der Waals surface area contributed by atoms with Gasteiger partial charge < -0.3 is 35.2 Å². The minimum Gasteiger partial charge on any atom is -0.504 e. The molecule has 4 rings (SSSR count). The predicted octanol–water partition coefficient (Wildman–Crippen LogP) is -1.29. The monoisotopic (exact) mass is 307 g/mol. The van der Waals surface area contributed by atoms with Crippen molar-refractivity contribution in [1.82, 2.24) is 5.32 Å². The summed E-state index contributed by atoms with van der Waals surface area (Å²) in [6.45, 7) is -0.0696. The Morgan fingerprint density at radius 2 is 1.95 bits per heavy atom. The molecule has 0 bridgehead atoms. The number of amides is 1. The average Bonchev–Trinajstić information content (AvgIpc) is 2.95. The molecule has 0 saturated heterocycles.